The largest absolute Gasteiger partial charge is 0.454 e. The van der Waals surface area contributed by atoms with Crippen molar-refractivity contribution in [3.8, 4) is 11.5 Å². The molecule has 1 amide bonds. The fourth-order valence-corrected chi connectivity index (χ4v) is 2.92. The van der Waals surface area contributed by atoms with Crippen molar-refractivity contribution in [1.82, 2.24) is 10.2 Å². The van der Waals surface area contributed by atoms with Gasteiger partial charge in [-0.1, -0.05) is 6.07 Å². The van der Waals surface area contributed by atoms with Gasteiger partial charge in [0.25, 0.3) is 0 Å². The van der Waals surface area contributed by atoms with Crippen molar-refractivity contribution in [3.05, 3.63) is 23.8 Å². The van der Waals surface area contributed by atoms with E-state index in [4.69, 9.17) is 14.2 Å². The Bertz CT molecular complexity index is 539. The Hall–Kier alpha value is -1.79. The number of nitrogens with zero attached hydrogens (tertiary/aromatic N) is 1. The maximum Gasteiger partial charge on any atom is 0.234 e. The molecule has 0 bridgehead atoms. The number of morpholine rings is 1. The molecule has 0 aliphatic carbocycles. The van der Waals surface area contributed by atoms with E-state index in [0.29, 0.717) is 13.1 Å². The van der Waals surface area contributed by atoms with Crippen molar-refractivity contribution < 1.29 is 19.0 Å². The van der Waals surface area contributed by atoms with Crippen LogP contribution in [0.3, 0.4) is 0 Å². The first-order chi connectivity index (χ1) is 10.6. The van der Waals surface area contributed by atoms with Crippen molar-refractivity contribution in [2.24, 2.45) is 0 Å². The zero-order valence-electron chi connectivity index (χ0n) is 13.0. The van der Waals surface area contributed by atoms with Gasteiger partial charge in [-0.05, 0) is 31.5 Å². The van der Waals surface area contributed by atoms with E-state index in [1.54, 1.807) is 0 Å². The smallest absolute Gasteiger partial charge is 0.234 e. The average Bonchev–Trinajstić information content (AvgIpc) is 2.91. The monoisotopic (exact) mass is 306 g/mol. The zero-order valence-corrected chi connectivity index (χ0v) is 13.0. The Morgan fingerprint density at radius 1 is 1.23 bits per heavy atom. The van der Waals surface area contributed by atoms with E-state index in [2.05, 4.69) is 10.2 Å². The van der Waals surface area contributed by atoms with Gasteiger partial charge in [0, 0.05) is 19.6 Å². The van der Waals surface area contributed by atoms with E-state index >= 15 is 0 Å². The normalized spacial score (nSPS) is 24.3. The summed E-state index contributed by atoms with van der Waals surface area (Å²) in [4.78, 5) is 14.2. The number of carbonyl (C=O) groups is 1. The molecule has 120 valence electrons. The first-order valence-electron chi connectivity index (χ1n) is 7.63. The number of carbonyl (C=O) groups excluding carboxylic acids is 1. The van der Waals surface area contributed by atoms with Crippen LogP contribution >= 0.6 is 0 Å². The molecule has 6 heteroatoms. The van der Waals surface area contributed by atoms with Gasteiger partial charge in [0.05, 0.1) is 18.8 Å². The van der Waals surface area contributed by atoms with Gasteiger partial charge in [0.2, 0.25) is 12.7 Å². The highest BCUT2D eigenvalue weighted by atomic mass is 16.7. The summed E-state index contributed by atoms with van der Waals surface area (Å²) in [6.07, 6.45) is 0.343. The number of ether oxygens (including phenoxy) is 3. The maximum absolute atomic E-state index is 12.1. The molecule has 2 aliphatic heterocycles. The molecule has 0 saturated carbocycles. The van der Waals surface area contributed by atoms with Crippen molar-refractivity contribution in [1.29, 1.82) is 0 Å². The summed E-state index contributed by atoms with van der Waals surface area (Å²) in [6, 6.07) is 5.71. The van der Waals surface area contributed by atoms with Crippen molar-refractivity contribution in [2.45, 2.75) is 32.6 Å². The number of hydrogen-bond donors (Lipinski definition) is 1. The third-order valence-electron chi connectivity index (χ3n) is 3.79. The molecule has 6 nitrogen and oxygen atoms in total. The Balaban J connectivity index is 1.48. The van der Waals surface area contributed by atoms with Crippen LogP contribution in [-0.4, -0.2) is 49.4 Å². The van der Waals surface area contributed by atoms with Crippen LogP contribution in [0.4, 0.5) is 0 Å². The van der Waals surface area contributed by atoms with Crippen LogP contribution < -0.4 is 14.8 Å². The number of hydrogen-bond acceptors (Lipinski definition) is 5. The number of nitrogens with one attached hydrogen (secondary N) is 1. The van der Waals surface area contributed by atoms with Gasteiger partial charge in [0.1, 0.15) is 0 Å². The number of fused-ring (bicyclic) bond motifs is 1. The number of amides is 1. The average molecular weight is 306 g/mol. The predicted octanol–water partition coefficient (Wildman–Crippen LogP) is 1.14. The van der Waals surface area contributed by atoms with E-state index in [9.17, 15) is 4.79 Å². The molecule has 0 radical (unpaired) electrons. The molecule has 1 aromatic rings. The quantitative estimate of drug-likeness (QED) is 0.904. The highest BCUT2D eigenvalue weighted by molar-refractivity contribution is 5.78. The van der Waals surface area contributed by atoms with E-state index in [1.807, 2.05) is 32.0 Å². The van der Waals surface area contributed by atoms with Crippen molar-refractivity contribution in [3.63, 3.8) is 0 Å². The molecular formula is C16H22N2O4. The van der Waals surface area contributed by atoms with E-state index in [1.165, 1.54) is 0 Å². The van der Waals surface area contributed by atoms with E-state index < -0.39 is 0 Å². The minimum atomic E-state index is 0.0268. The second-order valence-corrected chi connectivity index (χ2v) is 5.92. The van der Waals surface area contributed by atoms with Crippen LogP contribution in [0.2, 0.25) is 0 Å². The second-order valence-electron chi connectivity index (χ2n) is 5.92. The molecular weight excluding hydrogens is 284 g/mol. The molecule has 2 heterocycles. The Labute approximate surface area is 130 Å². The molecule has 1 saturated heterocycles. The molecule has 2 aliphatic rings. The Kier molecular flexibility index (Phi) is 4.49. The summed E-state index contributed by atoms with van der Waals surface area (Å²) in [7, 11) is 0. The molecule has 0 aromatic heterocycles. The molecule has 2 atom stereocenters. The van der Waals surface area contributed by atoms with Crippen LogP contribution in [0.1, 0.15) is 19.4 Å². The van der Waals surface area contributed by atoms with Crippen LogP contribution in [-0.2, 0) is 16.1 Å². The van der Waals surface area contributed by atoms with Crippen LogP contribution in [0, 0.1) is 0 Å². The van der Waals surface area contributed by atoms with Crippen molar-refractivity contribution in [2.75, 3.05) is 26.4 Å². The summed E-state index contributed by atoms with van der Waals surface area (Å²) < 4.78 is 16.3. The highest BCUT2D eigenvalue weighted by Gasteiger charge is 2.23. The molecule has 1 fully saturated rings. The second kappa shape index (κ2) is 6.54. The summed E-state index contributed by atoms with van der Waals surface area (Å²) in [6.45, 7) is 6.82. The fraction of sp³-hybridized carbons (Fsp3) is 0.562. The van der Waals surface area contributed by atoms with Crippen LogP contribution in [0.25, 0.3) is 0 Å². The SMILES string of the molecule is C[C@@H]1CN(CC(=O)NCc2ccc3c(c2)OCO3)C[C@@H](C)O1. The van der Waals surface area contributed by atoms with Gasteiger partial charge in [-0.2, -0.15) is 0 Å². The lowest BCUT2D eigenvalue weighted by Crippen LogP contribution is -2.49. The van der Waals surface area contributed by atoms with E-state index in [-0.39, 0.29) is 24.9 Å². The lowest BCUT2D eigenvalue weighted by molar-refractivity contribution is -0.126. The first-order valence-corrected chi connectivity index (χ1v) is 7.63. The van der Waals surface area contributed by atoms with Crippen LogP contribution in [0.5, 0.6) is 11.5 Å². The van der Waals surface area contributed by atoms with Gasteiger partial charge in [-0.25, -0.2) is 0 Å². The zero-order chi connectivity index (χ0) is 15.5. The van der Waals surface area contributed by atoms with Gasteiger partial charge in [-0.15, -0.1) is 0 Å². The molecule has 1 aromatic carbocycles. The lowest BCUT2D eigenvalue weighted by Gasteiger charge is -2.34. The molecule has 22 heavy (non-hydrogen) atoms. The maximum atomic E-state index is 12.1. The lowest BCUT2D eigenvalue weighted by atomic mass is 10.2. The number of benzene rings is 1. The molecule has 3 rings (SSSR count). The first kappa shape index (κ1) is 15.1. The van der Waals surface area contributed by atoms with Crippen LogP contribution in [0.15, 0.2) is 18.2 Å². The molecule has 1 N–H and O–H groups in total. The molecule has 0 unspecified atom stereocenters. The van der Waals surface area contributed by atoms with E-state index in [0.717, 1.165) is 30.2 Å². The predicted molar refractivity (Wildman–Crippen MR) is 80.9 cm³/mol. The third kappa shape index (κ3) is 3.69. The summed E-state index contributed by atoms with van der Waals surface area (Å²) in [5, 5.41) is 2.95. The number of rotatable bonds is 4. The van der Waals surface area contributed by atoms with Gasteiger partial charge in [-0.3, -0.25) is 9.69 Å². The minimum absolute atomic E-state index is 0.0268. The molecule has 0 spiro atoms. The minimum Gasteiger partial charge on any atom is -0.454 e. The fourth-order valence-electron chi connectivity index (χ4n) is 2.92. The third-order valence-corrected chi connectivity index (χ3v) is 3.79. The summed E-state index contributed by atoms with van der Waals surface area (Å²) in [5.74, 6) is 1.52. The van der Waals surface area contributed by atoms with Gasteiger partial charge >= 0.3 is 0 Å². The standard InChI is InChI=1S/C16H22N2O4/c1-11-7-18(8-12(2)22-11)9-16(19)17-6-13-3-4-14-15(5-13)21-10-20-14/h3-5,11-12H,6-10H2,1-2H3,(H,17,19)/t11-,12-/m1/s1. The topological polar surface area (TPSA) is 60.0 Å². The van der Waals surface area contributed by atoms with Gasteiger partial charge < -0.3 is 19.5 Å². The summed E-state index contributed by atoms with van der Waals surface area (Å²) >= 11 is 0. The van der Waals surface area contributed by atoms with Gasteiger partial charge in [0.15, 0.2) is 11.5 Å². The summed E-state index contributed by atoms with van der Waals surface area (Å²) in [5.41, 5.74) is 1.00. The van der Waals surface area contributed by atoms with Crippen molar-refractivity contribution >= 4 is 5.91 Å². The highest BCUT2D eigenvalue weighted by Crippen LogP contribution is 2.32. The Morgan fingerprint density at radius 3 is 2.73 bits per heavy atom. The Morgan fingerprint density at radius 2 is 1.95 bits per heavy atom.